The van der Waals surface area contributed by atoms with Gasteiger partial charge < -0.3 is 10.2 Å². The molecule has 7 heteroatoms. The van der Waals surface area contributed by atoms with Crippen LogP contribution in [0.15, 0.2) is 78.9 Å². The molecular weight excluding hydrogens is 439 g/mol. The molecule has 0 atom stereocenters. The highest BCUT2D eigenvalue weighted by Crippen LogP contribution is 2.29. The first-order valence-electron chi connectivity index (χ1n) is 11.4. The lowest BCUT2D eigenvalue weighted by Crippen LogP contribution is -2.46. The summed E-state index contributed by atoms with van der Waals surface area (Å²) in [4.78, 5) is 17.2. The number of benzene rings is 3. The third-order valence-electron chi connectivity index (χ3n) is 6.10. The van der Waals surface area contributed by atoms with Crippen LogP contribution in [0.4, 0.5) is 18.9 Å². The molecule has 178 valence electrons. The van der Waals surface area contributed by atoms with E-state index in [4.69, 9.17) is 0 Å². The fourth-order valence-electron chi connectivity index (χ4n) is 4.23. The van der Waals surface area contributed by atoms with Crippen molar-refractivity contribution < 1.29 is 18.0 Å². The van der Waals surface area contributed by atoms with Gasteiger partial charge in [-0.25, -0.2) is 0 Å². The first-order valence-corrected chi connectivity index (χ1v) is 11.4. The highest BCUT2D eigenvalue weighted by atomic mass is 19.4. The number of nitrogens with one attached hydrogen (secondary N) is 1. The Balaban J connectivity index is 1.30. The van der Waals surface area contributed by atoms with E-state index in [0.717, 1.165) is 56.0 Å². The summed E-state index contributed by atoms with van der Waals surface area (Å²) in [5, 5.41) is 2.86. The van der Waals surface area contributed by atoms with E-state index >= 15 is 0 Å². The van der Waals surface area contributed by atoms with E-state index in [1.54, 1.807) is 0 Å². The number of rotatable bonds is 7. The van der Waals surface area contributed by atoms with E-state index < -0.39 is 11.7 Å². The maximum absolute atomic E-state index is 12.9. The molecule has 0 unspecified atom stereocenters. The Morgan fingerprint density at radius 1 is 0.824 bits per heavy atom. The molecule has 1 N–H and O–H groups in total. The van der Waals surface area contributed by atoms with Crippen molar-refractivity contribution >= 4 is 11.6 Å². The molecule has 0 saturated carbocycles. The van der Waals surface area contributed by atoms with Gasteiger partial charge in [0, 0.05) is 45.0 Å². The Kier molecular flexibility index (Phi) is 7.53. The van der Waals surface area contributed by atoms with E-state index in [0.29, 0.717) is 12.1 Å². The normalized spacial score (nSPS) is 14.7. The third kappa shape index (κ3) is 6.38. The quantitative estimate of drug-likeness (QED) is 0.538. The van der Waals surface area contributed by atoms with E-state index in [1.165, 1.54) is 17.8 Å². The maximum Gasteiger partial charge on any atom is 0.416 e. The molecule has 1 fully saturated rings. The van der Waals surface area contributed by atoms with Gasteiger partial charge >= 0.3 is 6.18 Å². The van der Waals surface area contributed by atoms with Crippen molar-refractivity contribution in [2.75, 3.05) is 31.1 Å². The van der Waals surface area contributed by atoms with Crippen molar-refractivity contribution in [1.29, 1.82) is 0 Å². The van der Waals surface area contributed by atoms with Crippen LogP contribution < -0.4 is 10.2 Å². The Bertz CT molecular complexity index is 1090. The number of para-hydroxylation sites is 1. The summed E-state index contributed by atoms with van der Waals surface area (Å²) >= 11 is 0. The number of alkyl halides is 3. The minimum Gasteiger partial charge on any atom is -0.369 e. The average Bonchev–Trinajstić information content (AvgIpc) is 2.84. The monoisotopic (exact) mass is 467 g/mol. The van der Waals surface area contributed by atoms with E-state index in [-0.39, 0.29) is 12.3 Å². The molecule has 34 heavy (non-hydrogen) atoms. The molecule has 4 nitrogen and oxygen atoms in total. The van der Waals surface area contributed by atoms with Gasteiger partial charge in [-0.15, -0.1) is 0 Å². The first-order chi connectivity index (χ1) is 16.4. The van der Waals surface area contributed by atoms with Crippen LogP contribution in [-0.4, -0.2) is 37.0 Å². The molecule has 0 radical (unpaired) electrons. The predicted octanol–water partition coefficient (Wildman–Crippen LogP) is 4.89. The molecule has 1 aliphatic rings. The third-order valence-corrected chi connectivity index (χ3v) is 6.10. The minimum absolute atomic E-state index is 0.0897. The molecule has 3 aromatic rings. The van der Waals surface area contributed by atoms with Crippen LogP contribution in [0.1, 0.15) is 22.3 Å². The lowest BCUT2D eigenvalue weighted by Gasteiger charge is -2.36. The Labute approximate surface area is 198 Å². The predicted molar refractivity (Wildman–Crippen MR) is 127 cm³/mol. The zero-order valence-corrected chi connectivity index (χ0v) is 18.9. The number of carbonyl (C=O) groups is 1. The van der Waals surface area contributed by atoms with Crippen LogP contribution in [0, 0.1) is 0 Å². The lowest BCUT2D eigenvalue weighted by molar-refractivity contribution is -0.137. The fourth-order valence-corrected chi connectivity index (χ4v) is 4.23. The summed E-state index contributed by atoms with van der Waals surface area (Å²) in [6, 6.07) is 23.3. The number of nitrogens with zero attached hydrogens (tertiary/aromatic N) is 2. The second-order valence-corrected chi connectivity index (χ2v) is 8.52. The molecule has 1 heterocycles. The van der Waals surface area contributed by atoms with Crippen molar-refractivity contribution in [1.82, 2.24) is 10.2 Å². The van der Waals surface area contributed by atoms with E-state index in [1.807, 2.05) is 24.3 Å². The Morgan fingerprint density at radius 3 is 2.21 bits per heavy atom. The molecule has 0 aliphatic carbocycles. The number of hydrogen-bond donors (Lipinski definition) is 1. The molecule has 0 spiro atoms. The highest BCUT2D eigenvalue weighted by molar-refractivity contribution is 5.78. The smallest absolute Gasteiger partial charge is 0.369 e. The van der Waals surface area contributed by atoms with E-state index in [9.17, 15) is 18.0 Å². The Hall–Kier alpha value is -3.32. The van der Waals surface area contributed by atoms with Crippen molar-refractivity contribution in [3.63, 3.8) is 0 Å². The van der Waals surface area contributed by atoms with Crippen molar-refractivity contribution in [3.05, 3.63) is 101 Å². The molecule has 1 saturated heterocycles. The van der Waals surface area contributed by atoms with Crippen LogP contribution in [0.25, 0.3) is 0 Å². The molecule has 0 bridgehead atoms. The second-order valence-electron chi connectivity index (χ2n) is 8.52. The zero-order valence-electron chi connectivity index (χ0n) is 18.9. The maximum atomic E-state index is 12.9. The summed E-state index contributed by atoms with van der Waals surface area (Å²) in [6.45, 7) is 4.95. The fraction of sp³-hybridized carbons (Fsp3) is 0.296. The number of amides is 1. The summed E-state index contributed by atoms with van der Waals surface area (Å²) in [7, 11) is 0. The Morgan fingerprint density at radius 2 is 1.50 bits per heavy atom. The molecule has 3 aromatic carbocycles. The van der Waals surface area contributed by atoms with Gasteiger partial charge in [0.05, 0.1) is 12.0 Å². The number of hydrogen-bond acceptors (Lipinski definition) is 3. The summed E-state index contributed by atoms with van der Waals surface area (Å²) in [5.41, 5.74) is 3.01. The molecule has 4 rings (SSSR count). The van der Waals surface area contributed by atoms with Gasteiger partial charge in [0.1, 0.15) is 0 Å². The highest BCUT2D eigenvalue weighted by Gasteiger charge is 2.30. The zero-order chi connectivity index (χ0) is 24.0. The molecule has 1 aliphatic heterocycles. The van der Waals surface area contributed by atoms with E-state index in [2.05, 4.69) is 45.4 Å². The average molecular weight is 468 g/mol. The largest absolute Gasteiger partial charge is 0.416 e. The van der Waals surface area contributed by atoms with Gasteiger partial charge in [-0.2, -0.15) is 13.2 Å². The topological polar surface area (TPSA) is 35.6 Å². The standard InChI is InChI=1S/C27H28F3N3O/c28-27(29,30)24-10-6-7-21(17-24)18-26(34)31-19-22-8-4-5-9-23(22)20-32-13-15-33(16-14-32)25-11-2-1-3-12-25/h1-12,17H,13-16,18-20H2,(H,31,34). The molecule has 1 amide bonds. The lowest BCUT2D eigenvalue weighted by atomic mass is 10.1. The van der Waals surface area contributed by atoms with Gasteiger partial charge in [0.15, 0.2) is 0 Å². The van der Waals surface area contributed by atoms with Gasteiger partial charge in [-0.3, -0.25) is 9.69 Å². The number of piperazine rings is 1. The van der Waals surface area contributed by atoms with Crippen LogP contribution in [0.3, 0.4) is 0 Å². The molecule has 0 aromatic heterocycles. The van der Waals surface area contributed by atoms with Crippen LogP contribution in [-0.2, 0) is 30.5 Å². The molecular formula is C27H28F3N3O. The van der Waals surface area contributed by atoms with Gasteiger partial charge in [0.25, 0.3) is 0 Å². The van der Waals surface area contributed by atoms with Crippen molar-refractivity contribution in [2.24, 2.45) is 0 Å². The second kappa shape index (κ2) is 10.7. The number of anilines is 1. The van der Waals surface area contributed by atoms with Crippen molar-refractivity contribution in [2.45, 2.75) is 25.7 Å². The summed E-state index contributed by atoms with van der Waals surface area (Å²) < 4.78 is 38.7. The first kappa shape index (κ1) is 23.8. The van der Waals surface area contributed by atoms with Gasteiger partial charge in [-0.1, -0.05) is 60.7 Å². The SMILES string of the molecule is O=C(Cc1cccc(C(F)(F)F)c1)NCc1ccccc1CN1CCN(c2ccccc2)CC1. The minimum atomic E-state index is -4.42. The van der Waals surface area contributed by atoms with Gasteiger partial charge in [-0.05, 0) is 34.9 Å². The van der Waals surface area contributed by atoms with Gasteiger partial charge in [0.2, 0.25) is 5.91 Å². The van der Waals surface area contributed by atoms with Crippen LogP contribution in [0.2, 0.25) is 0 Å². The van der Waals surface area contributed by atoms with Crippen LogP contribution in [0.5, 0.6) is 0 Å². The summed E-state index contributed by atoms with van der Waals surface area (Å²) in [6.07, 6.45) is -4.51. The van der Waals surface area contributed by atoms with Crippen LogP contribution >= 0.6 is 0 Å². The van der Waals surface area contributed by atoms with Crippen molar-refractivity contribution in [3.8, 4) is 0 Å². The number of halogens is 3. The number of carbonyl (C=O) groups excluding carboxylic acids is 1. The summed E-state index contributed by atoms with van der Waals surface area (Å²) in [5.74, 6) is -0.300.